The van der Waals surface area contributed by atoms with Crippen LogP contribution in [0.25, 0.3) is 0 Å². The van der Waals surface area contributed by atoms with Crippen molar-refractivity contribution in [3.8, 4) is 0 Å². The minimum atomic E-state index is 0.162. The standard InChI is InChI=1S/C23H28N2O/c1-24(21-8-3-2-4-9-21)23(26)20-13-11-18(12-14-20)17-25-16-15-19-7-5-6-10-22(19)25/h5-7,10-14,21H,2-4,8-9,15-17H2,1H3. The summed E-state index contributed by atoms with van der Waals surface area (Å²) in [5, 5.41) is 0. The van der Waals surface area contributed by atoms with Gasteiger partial charge in [0.05, 0.1) is 0 Å². The zero-order valence-corrected chi connectivity index (χ0v) is 15.7. The highest BCUT2D eigenvalue weighted by Crippen LogP contribution is 2.29. The largest absolute Gasteiger partial charge is 0.367 e. The van der Waals surface area contributed by atoms with E-state index in [1.807, 2.05) is 24.1 Å². The number of para-hydroxylation sites is 1. The van der Waals surface area contributed by atoms with Crippen LogP contribution in [0.2, 0.25) is 0 Å². The zero-order valence-electron chi connectivity index (χ0n) is 15.7. The number of fused-ring (bicyclic) bond motifs is 1. The second-order valence-corrected chi connectivity index (χ2v) is 7.71. The third kappa shape index (κ3) is 3.48. The molecular weight excluding hydrogens is 320 g/mol. The topological polar surface area (TPSA) is 23.6 Å². The van der Waals surface area contributed by atoms with Crippen molar-refractivity contribution in [3.63, 3.8) is 0 Å². The van der Waals surface area contributed by atoms with Gasteiger partial charge in [-0.2, -0.15) is 0 Å². The molecule has 1 saturated carbocycles. The molecule has 0 spiro atoms. The van der Waals surface area contributed by atoms with E-state index in [0.717, 1.165) is 37.9 Å². The van der Waals surface area contributed by atoms with E-state index in [4.69, 9.17) is 0 Å². The summed E-state index contributed by atoms with van der Waals surface area (Å²) in [6.07, 6.45) is 7.23. The lowest BCUT2D eigenvalue weighted by molar-refractivity contribution is 0.0696. The van der Waals surface area contributed by atoms with Gasteiger partial charge in [-0.1, -0.05) is 49.6 Å². The summed E-state index contributed by atoms with van der Waals surface area (Å²) in [6.45, 7) is 1.98. The lowest BCUT2D eigenvalue weighted by Crippen LogP contribution is -2.38. The Kier molecular flexibility index (Phi) is 4.96. The summed E-state index contributed by atoms with van der Waals surface area (Å²) >= 11 is 0. The van der Waals surface area contributed by atoms with Crippen LogP contribution >= 0.6 is 0 Å². The molecule has 2 aliphatic rings. The number of amides is 1. The molecule has 4 rings (SSSR count). The van der Waals surface area contributed by atoms with E-state index in [1.54, 1.807) is 0 Å². The van der Waals surface area contributed by atoms with E-state index in [9.17, 15) is 4.79 Å². The van der Waals surface area contributed by atoms with Crippen LogP contribution in [0, 0.1) is 0 Å². The average molecular weight is 348 g/mol. The number of anilines is 1. The minimum Gasteiger partial charge on any atom is -0.367 e. The summed E-state index contributed by atoms with van der Waals surface area (Å²) in [5.41, 5.74) is 4.86. The fourth-order valence-electron chi connectivity index (χ4n) is 4.38. The second-order valence-electron chi connectivity index (χ2n) is 7.71. The molecular formula is C23H28N2O. The number of carbonyl (C=O) groups excluding carboxylic acids is 1. The Morgan fingerprint density at radius 3 is 2.54 bits per heavy atom. The van der Waals surface area contributed by atoms with Crippen molar-refractivity contribution in [2.24, 2.45) is 0 Å². The Hall–Kier alpha value is -2.29. The van der Waals surface area contributed by atoms with Gasteiger partial charge in [-0.3, -0.25) is 4.79 Å². The molecule has 1 heterocycles. The molecule has 2 aromatic carbocycles. The average Bonchev–Trinajstić information content (AvgIpc) is 3.11. The minimum absolute atomic E-state index is 0.162. The molecule has 0 radical (unpaired) electrons. The molecule has 3 heteroatoms. The molecule has 0 N–H and O–H groups in total. The SMILES string of the molecule is CN(C(=O)c1ccc(CN2CCc3ccccc32)cc1)C1CCCCC1. The van der Waals surface area contributed by atoms with Gasteiger partial charge in [0.2, 0.25) is 0 Å². The summed E-state index contributed by atoms with van der Waals surface area (Å²) < 4.78 is 0. The zero-order chi connectivity index (χ0) is 17.9. The van der Waals surface area contributed by atoms with Crippen LogP contribution in [-0.2, 0) is 13.0 Å². The lowest BCUT2D eigenvalue weighted by Gasteiger charge is -2.31. The van der Waals surface area contributed by atoms with Crippen molar-refractivity contribution in [2.75, 3.05) is 18.5 Å². The van der Waals surface area contributed by atoms with Gasteiger partial charge in [0.1, 0.15) is 0 Å². The molecule has 26 heavy (non-hydrogen) atoms. The van der Waals surface area contributed by atoms with Gasteiger partial charge in [-0.15, -0.1) is 0 Å². The fourth-order valence-corrected chi connectivity index (χ4v) is 4.38. The van der Waals surface area contributed by atoms with Crippen molar-refractivity contribution >= 4 is 11.6 Å². The Balaban J connectivity index is 1.41. The Labute approximate surface area is 156 Å². The first kappa shape index (κ1) is 17.1. The van der Waals surface area contributed by atoms with E-state index >= 15 is 0 Å². The van der Waals surface area contributed by atoms with Gasteiger partial charge >= 0.3 is 0 Å². The number of hydrogen-bond acceptors (Lipinski definition) is 2. The molecule has 0 bridgehead atoms. The number of hydrogen-bond donors (Lipinski definition) is 0. The van der Waals surface area contributed by atoms with Crippen LogP contribution in [0.15, 0.2) is 48.5 Å². The van der Waals surface area contributed by atoms with Crippen molar-refractivity contribution in [1.29, 1.82) is 0 Å². The van der Waals surface area contributed by atoms with E-state index in [1.165, 1.54) is 36.1 Å². The number of carbonyl (C=O) groups is 1. The summed E-state index contributed by atoms with van der Waals surface area (Å²) in [7, 11) is 1.97. The van der Waals surface area contributed by atoms with Crippen LogP contribution in [0.4, 0.5) is 5.69 Å². The molecule has 2 aromatic rings. The van der Waals surface area contributed by atoms with Crippen LogP contribution in [0.5, 0.6) is 0 Å². The molecule has 1 fully saturated rings. The predicted molar refractivity (Wildman–Crippen MR) is 107 cm³/mol. The molecule has 3 nitrogen and oxygen atoms in total. The highest BCUT2D eigenvalue weighted by Gasteiger charge is 2.23. The summed E-state index contributed by atoms with van der Waals surface area (Å²) in [6, 6.07) is 17.3. The van der Waals surface area contributed by atoms with Crippen molar-refractivity contribution in [2.45, 2.75) is 51.1 Å². The van der Waals surface area contributed by atoms with Gasteiger partial charge < -0.3 is 9.80 Å². The predicted octanol–water partition coefficient (Wildman–Crippen LogP) is 4.65. The Morgan fingerprint density at radius 2 is 1.77 bits per heavy atom. The molecule has 1 amide bonds. The summed E-state index contributed by atoms with van der Waals surface area (Å²) in [4.78, 5) is 17.2. The molecule has 0 atom stereocenters. The van der Waals surface area contributed by atoms with Gasteiger partial charge in [-0.25, -0.2) is 0 Å². The van der Waals surface area contributed by atoms with Crippen LogP contribution in [0.3, 0.4) is 0 Å². The lowest BCUT2D eigenvalue weighted by atomic mass is 9.94. The highest BCUT2D eigenvalue weighted by molar-refractivity contribution is 5.94. The van der Waals surface area contributed by atoms with E-state index in [2.05, 4.69) is 41.3 Å². The normalized spacial score (nSPS) is 17.2. The second kappa shape index (κ2) is 7.53. The maximum atomic E-state index is 12.8. The molecule has 0 unspecified atom stereocenters. The van der Waals surface area contributed by atoms with Gasteiger partial charge in [0, 0.05) is 37.4 Å². The summed E-state index contributed by atoms with van der Waals surface area (Å²) in [5.74, 6) is 0.162. The number of nitrogens with zero attached hydrogens (tertiary/aromatic N) is 2. The maximum Gasteiger partial charge on any atom is 0.253 e. The Bertz CT molecular complexity index is 762. The van der Waals surface area contributed by atoms with E-state index in [-0.39, 0.29) is 5.91 Å². The molecule has 1 aliphatic carbocycles. The van der Waals surface area contributed by atoms with Gasteiger partial charge in [0.15, 0.2) is 0 Å². The fraction of sp³-hybridized carbons (Fsp3) is 0.435. The Morgan fingerprint density at radius 1 is 1.04 bits per heavy atom. The maximum absolute atomic E-state index is 12.8. The number of benzene rings is 2. The highest BCUT2D eigenvalue weighted by atomic mass is 16.2. The monoisotopic (exact) mass is 348 g/mol. The van der Waals surface area contributed by atoms with E-state index in [0.29, 0.717) is 6.04 Å². The quantitative estimate of drug-likeness (QED) is 0.803. The molecule has 0 saturated heterocycles. The molecule has 136 valence electrons. The smallest absolute Gasteiger partial charge is 0.253 e. The van der Waals surface area contributed by atoms with Crippen LogP contribution < -0.4 is 4.90 Å². The van der Waals surface area contributed by atoms with Crippen molar-refractivity contribution in [3.05, 3.63) is 65.2 Å². The van der Waals surface area contributed by atoms with E-state index < -0.39 is 0 Å². The van der Waals surface area contributed by atoms with Crippen molar-refractivity contribution in [1.82, 2.24) is 4.90 Å². The molecule has 0 aromatic heterocycles. The van der Waals surface area contributed by atoms with Gasteiger partial charge in [-0.05, 0) is 48.6 Å². The number of rotatable bonds is 4. The third-order valence-electron chi connectivity index (χ3n) is 6.00. The first-order valence-corrected chi connectivity index (χ1v) is 9.91. The molecule has 1 aliphatic heterocycles. The van der Waals surface area contributed by atoms with Gasteiger partial charge in [0.25, 0.3) is 5.91 Å². The van der Waals surface area contributed by atoms with Crippen LogP contribution in [0.1, 0.15) is 53.6 Å². The first-order chi connectivity index (χ1) is 12.7. The van der Waals surface area contributed by atoms with Crippen LogP contribution in [-0.4, -0.2) is 30.4 Å². The third-order valence-corrected chi connectivity index (χ3v) is 6.00. The first-order valence-electron chi connectivity index (χ1n) is 9.91. The van der Waals surface area contributed by atoms with Crippen molar-refractivity contribution < 1.29 is 4.79 Å².